The van der Waals surface area contributed by atoms with Crippen LogP contribution in [0.1, 0.15) is 47.3 Å². The van der Waals surface area contributed by atoms with Crippen molar-refractivity contribution in [3.8, 4) is 5.75 Å². The molecule has 1 fully saturated rings. The molecule has 1 saturated carbocycles. The maximum Gasteiger partial charge on any atom is 0.272 e. The smallest absolute Gasteiger partial charge is 0.272 e. The van der Waals surface area contributed by atoms with Crippen molar-refractivity contribution in [2.45, 2.75) is 52.3 Å². The first-order valence-electron chi connectivity index (χ1n) is 10.1. The minimum absolute atomic E-state index is 0.0964. The third kappa shape index (κ3) is 5.35. The molecule has 3 rings (SSSR count). The summed E-state index contributed by atoms with van der Waals surface area (Å²) in [6.07, 6.45) is 6.42. The van der Waals surface area contributed by atoms with E-state index in [-0.39, 0.29) is 18.7 Å². The summed E-state index contributed by atoms with van der Waals surface area (Å²) in [5.41, 5.74) is 2.74. The maximum atomic E-state index is 12.7. The normalized spacial score (nSPS) is 19.6. The van der Waals surface area contributed by atoms with Crippen molar-refractivity contribution in [2.24, 2.45) is 5.92 Å². The molecule has 0 saturated heterocycles. The van der Waals surface area contributed by atoms with E-state index in [1.54, 1.807) is 16.9 Å². The van der Waals surface area contributed by atoms with E-state index < -0.39 is 0 Å². The lowest BCUT2D eigenvalue weighted by Gasteiger charge is -2.33. The van der Waals surface area contributed by atoms with Crippen LogP contribution in [0.3, 0.4) is 0 Å². The molecule has 1 aromatic carbocycles. The van der Waals surface area contributed by atoms with E-state index in [2.05, 4.69) is 42.4 Å². The summed E-state index contributed by atoms with van der Waals surface area (Å²) >= 11 is 0. The predicted octanol–water partition coefficient (Wildman–Crippen LogP) is 3.39. The first-order chi connectivity index (χ1) is 13.4. The molecule has 6 nitrogen and oxygen atoms in total. The van der Waals surface area contributed by atoms with E-state index in [1.807, 2.05) is 19.1 Å². The van der Waals surface area contributed by atoms with E-state index in [0.29, 0.717) is 11.6 Å². The van der Waals surface area contributed by atoms with Gasteiger partial charge in [-0.25, -0.2) is 4.68 Å². The van der Waals surface area contributed by atoms with E-state index in [4.69, 9.17) is 4.74 Å². The van der Waals surface area contributed by atoms with Crippen LogP contribution in [-0.4, -0.2) is 47.3 Å². The van der Waals surface area contributed by atoms with E-state index >= 15 is 0 Å². The van der Waals surface area contributed by atoms with E-state index in [1.165, 1.54) is 24.8 Å². The molecule has 2 aromatic rings. The number of carbonyl (C=O) groups is 1. The molecule has 0 spiro atoms. The van der Waals surface area contributed by atoms with Crippen molar-refractivity contribution >= 4 is 5.91 Å². The van der Waals surface area contributed by atoms with Gasteiger partial charge in [0, 0.05) is 18.8 Å². The fourth-order valence-electron chi connectivity index (χ4n) is 3.98. The molecule has 1 aromatic heterocycles. The van der Waals surface area contributed by atoms with Crippen LogP contribution < -0.4 is 10.1 Å². The van der Waals surface area contributed by atoms with Crippen LogP contribution in [0, 0.1) is 19.8 Å². The number of hydrogen-bond acceptors (Lipinski definition) is 4. The van der Waals surface area contributed by atoms with Gasteiger partial charge in [0.2, 0.25) is 0 Å². The number of aryl methyl sites for hydroxylation is 2. The monoisotopic (exact) mass is 384 g/mol. The zero-order valence-electron chi connectivity index (χ0n) is 17.4. The summed E-state index contributed by atoms with van der Waals surface area (Å²) in [5, 5.41) is 7.60. The Morgan fingerprint density at radius 1 is 1.25 bits per heavy atom. The molecule has 1 N–H and O–H groups in total. The molecular weight excluding hydrogens is 352 g/mol. The molecule has 28 heavy (non-hydrogen) atoms. The standard InChI is InChI=1S/C22H32N4O2/c1-16-9-10-21(17(2)13-16)28-15-26-12-11-20(24-26)22(27)23-19-8-6-5-7-18(19)14-25(3)4/h9-13,18-19H,5-8,14-15H2,1-4H3,(H,23,27). The van der Waals surface area contributed by atoms with Gasteiger partial charge in [-0.2, -0.15) is 5.10 Å². The summed E-state index contributed by atoms with van der Waals surface area (Å²) in [7, 11) is 4.18. The van der Waals surface area contributed by atoms with Crippen LogP contribution in [0.4, 0.5) is 0 Å². The summed E-state index contributed by atoms with van der Waals surface area (Å²) in [6, 6.07) is 8.06. The van der Waals surface area contributed by atoms with E-state index in [0.717, 1.165) is 24.3 Å². The summed E-state index contributed by atoms with van der Waals surface area (Å²) in [6.45, 7) is 5.37. The molecule has 1 aliphatic carbocycles. The lowest BCUT2D eigenvalue weighted by atomic mass is 9.84. The Labute approximate surface area is 167 Å². The van der Waals surface area contributed by atoms with Gasteiger partial charge in [0.1, 0.15) is 11.4 Å². The van der Waals surface area contributed by atoms with Crippen LogP contribution in [-0.2, 0) is 6.73 Å². The second kappa shape index (κ2) is 9.24. The molecule has 0 radical (unpaired) electrons. The highest BCUT2D eigenvalue weighted by molar-refractivity contribution is 5.92. The number of benzene rings is 1. The first kappa shape index (κ1) is 20.4. The van der Waals surface area contributed by atoms with Gasteiger partial charge in [-0.05, 0) is 64.4 Å². The van der Waals surface area contributed by atoms with Gasteiger partial charge in [-0.15, -0.1) is 0 Å². The van der Waals surface area contributed by atoms with Gasteiger partial charge in [0.15, 0.2) is 6.73 Å². The average Bonchev–Trinajstić information content (AvgIpc) is 3.11. The highest BCUT2D eigenvalue weighted by Gasteiger charge is 2.27. The van der Waals surface area contributed by atoms with Crippen molar-refractivity contribution < 1.29 is 9.53 Å². The van der Waals surface area contributed by atoms with Gasteiger partial charge >= 0.3 is 0 Å². The van der Waals surface area contributed by atoms with Gasteiger partial charge < -0.3 is 15.0 Å². The molecule has 6 heteroatoms. The van der Waals surface area contributed by atoms with Crippen LogP contribution in [0.2, 0.25) is 0 Å². The highest BCUT2D eigenvalue weighted by atomic mass is 16.5. The van der Waals surface area contributed by atoms with Crippen molar-refractivity contribution in [1.82, 2.24) is 20.0 Å². The third-order valence-corrected chi connectivity index (χ3v) is 5.38. The highest BCUT2D eigenvalue weighted by Crippen LogP contribution is 2.25. The first-order valence-corrected chi connectivity index (χ1v) is 10.1. The number of nitrogens with one attached hydrogen (secondary N) is 1. The number of ether oxygens (including phenoxy) is 1. The molecule has 2 atom stereocenters. The molecule has 0 aliphatic heterocycles. The third-order valence-electron chi connectivity index (χ3n) is 5.38. The number of hydrogen-bond donors (Lipinski definition) is 1. The number of nitrogens with zero attached hydrogens (tertiary/aromatic N) is 3. The van der Waals surface area contributed by atoms with Crippen LogP contribution in [0.25, 0.3) is 0 Å². The van der Waals surface area contributed by atoms with E-state index in [9.17, 15) is 4.79 Å². The van der Waals surface area contributed by atoms with Gasteiger partial charge in [-0.3, -0.25) is 4.79 Å². The van der Waals surface area contributed by atoms with Crippen molar-refractivity contribution in [3.05, 3.63) is 47.3 Å². The largest absolute Gasteiger partial charge is 0.471 e. The maximum absolute atomic E-state index is 12.7. The number of rotatable bonds is 7. The lowest BCUT2D eigenvalue weighted by Crippen LogP contribution is -2.45. The van der Waals surface area contributed by atoms with Crippen molar-refractivity contribution in [3.63, 3.8) is 0 Å². The zero-order chi connectivity index (χ0) is 20.1. The molecule has 1 amide bonds. The number of carbonyl (C=O) groups excluding carboxylic acids is 1. The lowest BCUT2D eigenvalue weighted by molar-refractivity contribution is 0.0888. The Balaban J connectivity index is 1.57. The molecule has 1 aliphatic rings. The Morgan fingerprint density at radius 2 is 2.04 bits per heavy atom. The summed E-state index contributed by atoms with van der Waals surface area (Å²) in [5.74, 6) is 1.24. The molecule has 2 unspecified atom stereocenters. The summed E-state index contributed by atoms with van der Waals surface area (Å²) in [4.78, 5) is 14.9. The van der Waals surface area contributed by atoms with Crippen molar-refractivity contribution in [2.75, 3.05) is 20.6 Å². The quantitative estimate of drug-likeness (QED) is 0.795. The van der Waals surface area contributed by atoms with Gasteiger partial charge in [-0.1, -0.05) is 30.5 Å². The molecule has 152 valence electrons. The minimum atomic E-state index is -0.0964. The van der Waals surface area contributed by atoms with Gasteiger partial charge in [0.05, 0.1) is 0 Å². The fourth-order valence-corrected chi connectivity index (χ4v) is 3.98. The topological polar surface area (TPSA) is 59.4 Å². The average molecular weight is 385 g/mol. The second-order valence-corrected chi connectivity index (χ2v) is 8.17. The Bertz CT molecular complexity index is 800. The number of aromatic nitrogens is 2. The SMILES string of the molecule is Cc1ccc(OCn2ccc(C(=O)NC3CCCCC3CN(C)C)n2)c(C)c1. The molecule has 0 bridgehead atoms. The van der Waals surface area contributed by atoms with Crippen molar-refractivity contribution in [1.29, 1.82) is 0 Å². The summed E-state index contributed by atoms with van der Waals surface area (Å²) < 4.78 is 7.50. The Kier molecular flexibility index (Phi) is 6.73. The molecular formula is C22H32N4O2. The predicted molar refractivity (Wildman–Crippen MR) is 111 cm³/mol. The molecule has 1 heterocycles. The van der Waals surface area contributed by atoms with Crippen LogP contribution in [0.15, 0.2) is 30.5 Å². The second-order valence-electron chi connectivity index (χ2n) is 8.17. The van der Waals surface area contributed by atoms with Gasteiger partial charge in [0.25, 0.3) is 5.91 Å². The minimum Gasteiger partial charge on any atom is -0.471 e. The zero-order valence-corrected chi connectivity index (χ0v) is 17.4. The Morgan fingerprint density at radius 3 is 2.79 bits per heavy atom. The Hall–Kier alpha value is -2.34. The number of amides is 1. The van der Waals surface area contributed by atoms with Crippen LogP contribution in [0.5, 0.6) is 5.75 Å². The fraction of sp³-hybridized carbons (Fsp3) is 0.545. The van der Waals surface area contributed by atoms with Crippen LogP contribution >= 0.6 is 0 Å².